The van der Waals surface area contributed by atoms with Crippen molar-refractivity contribution in [3.63, 3.8) is 0 Å². The van der Waals surface area contributed by atoms with Crippen LogP contribution in [0.1, 0.15) is 74.9 Å². The Kier molecular flexibility index (Phi) is 14.6. The van der Waals surface area contributed by atoms with Crippen LogP contribution in [0.3, 0.4) is 0 Å². The summed E-state index contributed by atoms with van der Waals surface area (Å²) in [6.45, 7) is 11.6. The predicted molar refractivity (Wildman–Crippen MR) is 292 cm³/mol. The average molecular weight is 1070 g/mol. The Morgan fingerprint density at radius 2 is 0.961 bits per heavy atom. The number of morpholine rings is 2. The molecular weight excluding hydrogens is 1000 g/mol. The predicted octanol–water partition coefficient (Wildman–Crippen LogP) is 8.32. The van der Waals surface area contributed by atoms with Gasteiger partial charge >= 0.3 is 12.1 Å². The van der Waals surface area contributed by atoms with E-state index in [1.54, 1.807) is 43.4 Å². The Labute approximate surface area is 444 Å². The van der Waals surface area contributed by atoms with E-state index in [1.165, 1.54) is 0 Å². The highest BCUT2D eigenvalue weighted by Gasteiger charge is 2.59. The molecule has 4 aromatic carbocycles. The minimum atomic E-state index is -3.67. The van der Waals surface area contributed by atoms with Crippen molar-refractivity contribution in [2.24, 2.45) is 0 Å². The Bertz CT molecular complexity index is 3330. The molecule has 11 rings (SSSR count). The van der Waals surface area contributed by atoms with E-state index in [4.69, 9.17) is 29.4 Å². The molecule has 76 heavy (non-hydrogen) atoms. The van der Waals surface area contributed by atoms with Crippen molar-refractivity contribution in [2.75, 3.05) is 67.0 Å². The Morgan fingerprint density at radius 3 is 1.32 bits per heavy atom. The fourth-order valence-corrected chi connectivity index (χ4v) is 13.6. The summed E-state index contributed by atoms with van der Waals surface area (Å²) in [4.78, 5) is 48.2. The van der Waals surface area contributed by atoms with E-state index in [1.807, 2.05) is 86.6 Å². The van der Waals surface area contributed by atoms with Crippen LogP contribution in [0.2, 0.25) is 0 Å². The first-order chi connectivity index (χ1) is 36.5. The standard InChI is InChI=1S/C29H33N5O4S.C27H31N5O4S/c1-19-3-11-24(12-4-19)39(36,37)29(13-14-29)25-17-26(34-15-16-38-18-20(34)2)33-27(32-25)21-5-7-22(8-6-21)30-28(35)31-23-9-10-23;1-18-4-10-22(11-5-18)37(34,35)27(12-13-27)23-16-24(32-14-15-36-17-19(32)2)31-25(30-23)20-6-8-21(9-7-20)29-26(33)28-3/h3-8,11-12,17,20,23H,9-10,13-16,18H2,1-2H3,(H2,30,31,35);4-11,16,19H,12-15,17H2,1-3H3,(H2,28,29,33)/t20-;19-/m00/s1. The summed E-state index contributed by atoms with van der Waals surface area (Å²) in [5, 5.41) is 11.0. The van der Waals surface area contributed by atoms with Crippen molar-refractivity contribution in [3.8, 4) is 22.8 Å². The van der Waals surface area contributed by atoms with Gasteiger partial charge in [-0.2, -0.15) is 0 Å². The molecule has 6 aromatic rings. The molecule has 4 N–H and O–H groups in total. The van der Waals surface area contributed by atoms with E-state index < -0.39 is 29.2 Å². The van der Waals surface area contributed by atoms with Gasteiger partial charge in [0.1, 0.15) is 21.1 Å². The minimum absolute atomic E-state index is 0.0901. The number of anilines is 4. The van der Waals surface area contributed by atoms with Crippen molar-refractivity contribution in [1.29, 1.82) is 0 Å². The molecule has 3 saturated carbocycles. The number of amides is 4. The van der Waals surface area contributed by atoms with Gasteiger partial charge in [0.25, 0.3) is 0 Å². The monoisotopic (exact) mass is 1070 g/mol. The third-order valence-corrected chi connectivity index (χ3v) is 19.8. The molecule has 398 valence electrons. The van der Waals surface area contributed by atoms with Gasteiger partial charge < -0.3 is 40.5 Å². The molecule has 2 saturated heterocycles. The van der Waals surface area contributed by atoms with Crippen molar-refractivity contribution in [2.45, 2.75) is 104 Å². The first kappa shape index (κ1) is 52.4. The van der Waals surface area contributed by atoms with Gasteiger partial charge in [-0.15, -0.1) is 0 Å². The lowest BCUT2D eigenvalue weighted by molar-refractivity contribution is 0.0985. The molecule has 0 bridgehead atoms. The number of sulfone groups is 2. The molecule has 2 aliphatic heterocycles. The number of aryl methyl sites for hydroxylation is 2. The maximum absolute atomic E-state index is 13.9. The molecular formula is C56H64N10O8S2. The molecule has 4 heterocycles. The third-order valence-electron chi connectivity index (χ3n) is 14.7. The molecule has 5 aliphatic rings. The minimum Gasteiger partial charge on any atom is -0.377 e. The molecule has 4 amide bonds. The number of aromatic nitrogens is 4. The number of ether oxygens (including phenoxy) is 2. The molecule has 0 unspecified atom stereocenters. The van der Waals surface area contributed by atoms with Gasteiger partial charge in [0.05, 0.1) is 59.7 Å². The number of nitrogens with one attached hydrogen (secondary N) is 4. The van der Waals surface area contributed by atoms with Gasteiger partial charge in [0.2, 0.25) is 0 Å². The lowest BCUT2D eigenvalue weighted by atomic mass is 10.1. The number of carbonyl (C=O) groups is 2. The fraction of sp³-hybridized carbons (Fsp3) is 0.393. The number of nitrogens with zero attached hydrogens (tertiary/aromatic N) is 6. The summed E-state index contributed by atoms with van der Waals surface area (Å²) >= 11 is 0. The number of rotatable bonds is 13. The highest BCUT2D eigenvalue weighted by atomic mass is 32.2. The molecule has 20 heteroatoms. The van der Waals surface area contributed by atoms with Gasteiger partial charge in [0.15, 0.2) is 31.3 Å². The number of hydrogen-bond acceptors (Lipinski definition) is 14. The van der Waals surface area contributed by atoms with Crippen LogP contribution in [-0.2, 0) is 38.6 Å². The summed E-state index contributed by atoms with van der Waals surface area (Å²) < 4.78 is 64.6. The van der Waals surface area contributed by atoms with Crippen LogP contribution in [0, 0.1) is 13.8 Å². The molecule has 2 atom stereocenters. The van der Waals surface area contributed by atoms with Gasteiger partial charge in [-0.05, 0) is 139 Å². The fourth-order valence-electron chi connectivity index (χ4n) is 9.64. The molecule has 5 fully saturated rings. The van der Waals surface area contributed by atoms with Crippen LogP contribution in [0.15, 0.2) is 119 Å². The van der Waals surface area contributed by atoms with Crippen molar-refractivity contribution >= 4 is 54.7 Å². The van der Waals surface area contributed by atoms with E-state index in [0.29, 0.717) is 121 Å². The Morgan fingerprint density at radius 1 is 0.566 bits per heavy atom. The van der Waals surface area contributed by atoms with Crippen LogP contribution < -0.4 is 31.1 Å². The number of benzene rings is 4. The van der Waals surface area contributed by atoms with Crippen molar-refractivity contribution in [3.05, 3.63) is 132 Å². The maximum atomic E-state index is 13.9. The van der Waals surface area contributed by atoms with E-state index >= 15 is 0 Å². The van der Waals surface area contributed by atoms with Gasteiger partial charge in [-0.25, -0.2) is 46.4 Å². The van der Waals surface area contributed by atoms with E-state index in [9.17, 15) is 26.4 Å². The topological polar surface area (TPSA) is 227 Å². The van der Waals surface area contributed by atoms with Gasteiger partial charge in [-0.3, -0.25) is 0 Å². The zero-order valence-corrected chi connectivity index (χ0v) is 45.0. The normalized spacial score (nSPS) is 19.6. The highest BCUT2D eigenvalue weighted by Crippen LogP contribution is 2.56. The summed E-state index contributed by atoms with van der Waals surface area (Å²) in [6, 6.07) is 32.2. The van der Waals surface area contributed by atoms with Crippen LogP contribution in [0.4, 0.5) is 32.6 Å². The number of hydrogen-bond donors (Lipinski definition) is 4. The molecule has 0 radical (unpaired) electrons. The van der Waals surface area contributed by atoms with Crippen LogP contribution in [0.25, 0.3) is 22.8 Å². The van der Waals surface area contributed by atoms with Crippen LogP contribution >= 0.6 is 0 Å². The quantitative estimate of drug-likeness (QED) is 0.0853. The highest BCUT2D eigenvalue weighted by molar-refractivity contribution is 7.93. The lowest BCUT2D eigenvalue weighted by Gasteiger charge is -2.34. The summed E-state index contributed by atoms with van der Waals surface area (Å²) in [5.74, 6) is 2.29. The Balaban J connectivity index is 0.000000173. The van der Waals surface area contributed by atoms with Crippen molar-refractivity contribution in [1.82, 2.24) is 30.6 Å². The average Bonchev–Trinajstić information content (AvgIpc) is 4.34. The zero-order valence-electron chi connectivity index (χ0n) is 43.4. The zero-order chi connectivity index (χ0) is 53.4. The summed E-state index contributed by atoms with van der Waals surface area (Å²) in [6.07, 6.45) is 4.07. The second-order valence-electron chi connectivity index (χ2n) is 20.5. The number of carbonyl (C=O) groups excluding carboxylic acids is 2. The molecule has 18 nitrogen and oxygen atoms in total. The van der Waals surface area contributed by atoms with E-state index in [2.05, 4.69) is 44.9 Å². The third kappa shape index (κ3) is 10.9. The summed E-state index contributed by atoms with van der Waals surface area (Å²) in [7, 11) is -5.79. The number of urea groups is 2. The van der Waals surface area contributed by atoms with Crippen molar-refractivity contribution < 1.29 is 35.9 Å². The first-order valence-electron chi connectivity index (χ1n) is 25.9. The van der Waals surface area contributed by atoms with E-state index in [0.717, 1.165) is 35.1 Å². The second-order valence-corrected chi connectivity index (χ2v) is 25.0. The van der Waals surface area contributed by atoms with Gasteiger partial charge in [-0.1, -0.05) is 35.4 Å². The summed E-state index contributed by atoms with van der Waals surface area (Å²) in [5.41, 5.74) is 5.82. The maximum Gasteiger partial charge on any atom is 0.319 e. The smallest absolute Gasteiger partial charge is 0.319 e. The molecule has 0 spiro atoms. The lowest BCUT2D eigenvalue weighted by Crippen LogP contribution is -2.44. The van der Waals surface area contributed by atoms with E-state index in [-0.39, 0.29) is 30.2 Å². The second kappa shape index (κ2) is 21.2. The molecule has 2 aromatic heterocycles. The largest absolute Gasteiger partial charge is 0.377 e. The van der Waals surface area contributed by atoms with Gasteiger partial charge in [0, 0.05) is 60.8 Å². The SMILES string of the molecule is CNC(=O)Nc1ccc(-c2nc(N3CCOC[C@@H]3C)cc(C3(S(=O)(=O)c4ccc(C)cc4)CC3)n2)cc1.Cc1ccc(S(=O)(=O)C2(c3cc(N4CCOC[C@@H]4C)nc(-c4ccc(NC(=O)NC5CC5)cc4)n3)CC2)cc1. The van der Waals surface area contributed by atoms with Crippen LogP contribution in [0.5, 0.6) is 0 Å². The van der Waals surface area contributed by atoms with Crippen LogP contribution in [-0.4, -0.2) is 114 Å². The first-order valence-corrected chi connectivity index (χ1v) is 28.8. The molecule has 3 aliphatic carbocycles. The Hall–Kier alpha value is -7.00.